The molecular formula is C21H20O2S2. The molecule has 0 amide bonds. The van der Waals surface area contributed by atoms with Gasteiger partial charge in [0.25, 0.3) is 0 Å². The first-order valence-electron chi connectivity index (χ1n) is 8.20. The van der Waals surface area contributed by atoms with Crippen molar-refractivity contribution in [3.05, 3.63) is 73.8 Å². The highest BCUT2D eigenvalue weighted by atomic mass is 32.2. The Morgan fingerprint density at radius 2 is 1.92 bits per heavy atom. The molecule has 1 heterocycles. The molecule has 1 aliphatic rings. The topological polar surface area (TPSA) is 37.3 Å². The zero-order chi connectivity index (χ0) is 17.8. The maximum absolute atomic E-state index is 12.4. The van der Waals surface area contributed by atoms with Gasteiger partial charge >= 0.3 is 0 Å². The minimum absolute atomic E-state index is 0.0961. The highest BCUT2D eigenvalue weighted by Crippen LogP contribution is 2.30. The third-order valence-corrected chi connectivity index (χ3v) is 6.08. The third kappa shape index (κ3) is 4.53. The smallest absolute Gasteiger partial charge is 0.234 e. The Labute approximate surface area is 156 Å². The van der Waals surface area contributed by atoms with Gasteiger partial charge in [0, 0.05) is 9.78 Å². The van der Waals surface area contributed by atoms with E-state index in [1.807, 2.05) is 56.3 Å². The molecule has 1 aromatic carbocycles. The van der Waals surface area contributed by atoms with Crippen molar-refractivity contribution in [3.63, 3.8) is 0 Å². The molecule has 2 nitrogen and oxygen atoms in total. The summed E-state index contributed by atoms with van der Waals surface area (Å²) in [6.07, 6.45) is 12.3. The molecule has 2 aromatic rings. The van der Waals surface area contributed by atoms with Crippen LogP contribution in [0, 0.1) is 13.8 Å². The second-order valence-electron chi connectivity index (χ2n) is 6.01. The number of benzene rings is 1. The van der Waals surface area contributed by atoms with Gasteiger partial charge in [0.1, 0.15) is 5.75 Å². The Kier molecular flexibility index (Phi) is 5.61. The summed E-state index contributed by atoms with van der Waals surface area (Å²) in [5, 5.41) is 9.94. The average molecular weight is 369 g/mol. The van der Waals surface area contributed by atoms with Gasteiger partial charge in [-0.1, -0.05) is 24.3 Å². The summed E-state index contributed by atoms with van der Waals surface area (Å²) >= 11 is 2.80. The SMILES string of the molecule is Cc1cc(/C=C/c2ccc(C(=O)SC3=CCCC=C3)s2)cc(C)c1O. The molecule has 25 heavy (non-hydrogen) atoms. The minimum Gasteiger partial charge on any atom is -0.507 e. The first-order valence-corrected chi connectivity index (χ1v) is 9.83. The lowest BCUT2D eigenvalue weighted by molar-refractivity contribution is 0.109. The van der Waals surface area contributed by atoms with Crippen molar-refractivity contribution in [2.24, 2.45) is 0 Å². The van der Waals surface area contributed by atoms with E-state index in [1.165, 1.54) is 23.1 Å². The van der Waals surface area contributed by atoms with E-state index in [-0.39, 0.29) is 5.12 Å². The normalized spacial score (nSPS) is 14.1. The van der Waals surface area contributed by atoms with Gasteiger partial charge in [-0.25, -0.2) is 0 Å². The van der Waals surface area contributed by atoms with Crippen LogP contribution < -0.4 is 0 Å². The molecule has 1 aliphatic carbocycles. The first-order chi connectivity index (χ1) is 12.0. The van der Waals surface area contributed by atoms with Crippen molar-refractivity contribution in [2.45, 2.75) is 26.7 Å². The lowest BCUT2D eigenvalue weighted by Crippen LogP contribution is -1.90. The van der Waals surface area contributed by atoms with Gasteiger partial charge in [-0.3, -0.25) is 4.79 Å². The van der Waals surface area contributed by atoms with E-state index in [9.17, 15) is 9.90 Å². The average Bonchev–Trinajstić information content (AvgIpc) is 3.08. The standard InChI is InChI=1S/C21H20O2S2/c1-14-12-16(13-15(2)20(14)22)8-9-18-10-11-19(24-18)21(23)25-17-6-4-3-5-7-17/h4,6-13,22H,3,5H2,1-2H3/b9-8+. The van der Waals surface area contributed by atoms with Crippen LogP contribution >= 0.6 is 23.1 Å². The maximum Gasteiger partial charge on any atom is 0.234 e. The van der Waals surface area contributed by atoms with E-state index in [4.69, 9.17) is 0 Å². The van der Waals surface area contributed by atoms with E-state index < -0.39 is 0 Å². The number of carbonyl (C=O) groups is 1. The Balaban J connectivity index is 1.70. The van der Waals surface area contributed by atoms with E-state index >= 15 is 0 Å². The summed E-state index contributed by atoms with van der Waals surface area (Å²) in [5.74, 6) is 0.351. The predicted octanol–water partition coefficient (Wildman–Crippen LogP) is 6.35. The fourth-order valence-corrected chi connectivity index (χ4v) is 4.38. The fourth-order valence-electron chi connectivity index (χ4n) is 2.64. The third-order valence-electron chi connectivity index (χ3n) is 3.95. The second-order valence-corrected chi connectivity index (χ2v) is 8.18. The largest absolute Gasteiger partial charge is 0.507 e. The molecule has 128 valence electrons. The number of allylic oxidation sites excluding steroid dienone is 3. The zero-order valence-corrected chi connectivity index (χ0v) is 15.9. The highest BCUT2D eigenvalue weighted by molar-refractivity contribution is 8.17. The lowest BCUT2D eigenvalue weighted by Gasteiger charge is -2.04. The number of phenolic OH excluding ortho intramolecular Hbond substituents is 1. The van der Waals surface area contributed by atoms with Gasteiger partial charge in [0.15, 0.2) is 0 Å². The summed E-state index contributed by atoms with van der Waals surface area (Å²) in [6.45, 7) is 3.79. The number of rotatable bonds is 4. The molecule has 0 saturated heterocycles. The van der Waals surface area contributed by atoms with Crippen LogP contribution in [0.25, 0.3) is 12.2 Å². The number of aromatic hydroxyl groups is 1. The lowest BCUT2D eigenvalue weighted by atomic mass is 10.1. The Bertz CT molecular complexity index is 862. The van der Waals surface area contributed by atoms with Crippen molar-refractivity contribution < 1.29 is 9.90 Å². The Morgan fingerprint density at radius 1 is 1.16 bits per heavy atom. The summed E-state index contributed by atoms with van der Waals surface area (Å²) in [4.78, 5) is 15.2. The molecule has 0 atom stereocenters. The van der Waals surface area contributed by atoms with Crippen LogP contribution in [0.2, 0.25) is 0 Å². The van der Waals surface area contributed by atoms with Crippen LogP contribution in [-0.4, -0.2) is 10.2 Å². The molecule has 0 spiro atoms. The van der Waals surface area contributed by atoms with Crippen LogP contribution in [0.1, 0.15) is 44.1 Å². The van der Waals surface area contributed by atoms with Gasteiger partial charge in [-0.15, -0.1) is 11.3 Å². The number of carbonyl (C=O) groups excluding carboxylic acids is 1. The van der Waals surface area contributed by atoms with Crippen molar-refractivity contribution in [3.8, 4) is 5.75 Å². The zero-order valence-electron chi connectivity index (χ0n) is 14.3. The molecule has 3 rings (SSSR count). The second kappa shape index (κ2) is 7.89. The molecule has 0 bridgehead atoms. The van der Waals surface area contributed by atoms with Gasteiger partial charge in [0.2, 0.25) is 5.12 Å². The summed E-state index contributed by atoms with van der Waals surface area (Å²) < 4.78 is 0. The van der Waals surface area contributed by atoms with Crippen LogP contribution in [0.3, 0.4) is 0 Å². The number of hydrogen-bond donors (Lipinski definition) is 1. The van der Waals surface area contributed by atoms with Gasteiger partial charge in [-0.2, -0.15) is 0 Å². The summed E-state index contributed by atoms with van der Waals surface area (Å²) in [6, 6.07) is 7.77. The summed E-state index contributed by atoms with van der Waals surface area (Å²) in [7, 11) is 0. The van der Waals surface area contributed by atoms with Gasteiger partial charge in [-0.05, 0) is 85.5 Å². The molecule has 1 N–H and O–H groups in total. The minimum atomic E-state index is 0.0961. The van der Waals surface area contributed by atoms with E-state index in [1.54, 1.807) is 0 Å². The molecule has 0 saturated carbocycles. The molecule has 4 heteroatoms. The van der Waals surface area contributed by atoms with Crippen LogP contribution in [0.5, 0.6) is 5.75 Å². The summed E-state index contributed by atoms with van der Waals surface area (Å²) in [5.41, 5.74) is 2.78. The number of hydrogen-bond acceptors (Lipinski definition) is 4. The predicted molar refractivity (Wildman–Crippen MR) is 109 cm³/mol. The maximum atomic E-state index is 12.4. The quantitative estimate of drug-likeness (QED) is 0.683. The van der Waals surface area contributed by atoms with E-state index in [0.29, 0.717) is 5.75 Å². The van der Waals surface area contributed by atoms with E-state index in [0.717, 1.165) is 44.2 Å². The fraction of sp³-hybridized carbons (Fsp3) is 0.190. The van der Waals surface area contributed by atoms with Crippen LogP contribution in [0.4, 0.5) is 0 Å². The molecule has 0 fully saturated rings. The van der Waals surface area contributed by atoms with Gasteiger partial charge in [0.05, 0.1) is 4.88 Å². The molecule has 0 radical (unpaired) electrons. The Hall–Kier alpha value is -2.04. The van der Waals surface area contributed by atoms with E-state index in [2.05, 4.69) is 12.2 Å². The molecule has 0 aliphatic heterocycles. The first kappa shape index (κ1) is 17.8. The van der Waals surface area contributed by atoms with Crippen molar-refractivity contribution in [1.82, 2.24) is 0 Å². The highest BCUT2D eigenvalue weighted by Gasteiger charge is 2.12. The molecular weight excluding hydrogens is 348 g/mol. The number of phenols is 1. The molecule has 0 unspecified atom stereocenters. The monoisotopic (exact) mass is 368 g/mol. The molecule has 1 aromatic heterocycles. The number of thiophene rings is 1. The van der Waals surface area contributed by atoms with Gasteiger partial charge < -0.3 is 5.11 Å². The van der Waals surface area contributed by atoms with Crippen LogP contribution in [0.15, 0.2) is 47.4 Å². The van der Waals surface area contributed by atoms with Crippen molar-refractivity contribution in [1.29, 1.82) is 0 Å². The van der Waals surface area contributed by atoms with Crippen molar-refractivity contribution >= 4 is 40.4 Å². The number of thioether (sulfide) groups is 1. The Morgan fingerprint density at radius 3 is 2.60 bits per heavy atom. The van der Waals surface area contributed by atoms with Crippen LogP contribution in [-0.2, 0) is 0 Å². The van der Waals surface area contributed by atoms with Crippen molar-refractivity contribution in [2.75, 3.05) is 0 Å². The number of aryl methyl sites for hydroxylation is 2.